The van der Waals surface area contributed by atoms with Gasteiger partial charge in [-0.05, 0) is 60.8 Å². The van der Waals surface area contributed by atoms with E-state index in [0.717, 1.165) is 18.4 Å². The minimum atomic E-state index is -1.73. The number of phenolic OH excluding ortho intramolecular Hbond substituents is 1. The van der Waals surface area contributed by atoms with Crippen molar-refractivity contribution in [3.63, 3.8) is 0 Å². The zero-order chi connectivity index (χ0) is 18.0. The highest BCUT2D eigenvalue weighted by molar-refractivity contribution is 5.42. The van der Waals surface area contributed by atoms with Gasteiger partial charge in [-0.1, -0.05) is 18.9 Å². The van der Waals surface area contributed by atoms with E-state index in [-0.39, 0.29) is 29.6 Å². The van der Waals surface area contributed by atoms with Crippen molar-refractivity contribution >= 4 is 0 Å². The zero-order valence-corrected chi connectivity index (χ0v) is 14.7. The van der Waals surface area contributed by atoms with Crippen LogP contribution in [0.2, 0.25) is 0 Å². The molecule has 25 heavy (non-hydrogen) atoms. The van der Waals surface area contributed by atoms with Crippen LogP contribution >= 0.6 is 0 Å². The van der Waals surface area contributed by atoms with Gasteiger partial charge in [0.25, 0.3) is 0 Å². The summed E-state index contributed by atoms with van der Waals surface area (Å²) in [6, 6.07) is 5.52. The molecule has 2 fully saturated rings. The monoisotopic (exact) mass is 343 g/mol. The summed E-state index contributed by atoms with van der Waals surface area (Å²) in [6.07, 6.45) is 6.66. The number of benzene rings is 1. The summed E-state index contributed by atoms with van der Waals surface area (Å²) >= 11 is 0. The van der Waals surface area contributed by atoms with E-state index in [1.54, 1.807) is 13.2 Å². The van der Waals surface area contributed by atoms with Crippen LogP contribution in [0.15, 0.2) is 18.2 Å². The van der Waals surface area contributed by atoms with Crippen molar-refractivity contribution in [1.82, 2.24) is 0 Å². The molecule has 2 N–H and O–H groups in total. The molecule has 0 amide bonds. The summed E-state index contributed by atoms with van der Waals surface area (Å²) in [5.41, 5.74) is -0.0741. The van der Waals surface area contributed by atoms with Gasteiger partial charge < -0.3 is 14.9 Å². The number of rotatable bonds is 1. The average molecular weight is 343 g/mol. The van der Waals surface area contributed by atoms with E-state index in [2.05, 4.69) is 5.92 Å². The quantitative estimate of drug-likeness (QED) is 0.770. The van der Waals surface area contributed by atoms with Gasteiger partial charge in [0, 0.05) is 18.4 Å². The lowest BCUT2D eigenvalue weighted by molar-refractivity contribution is -0.126. The van der Waals surface area contributed by atoms with Crippen molar-refractivity contribution < 1.29 is 19.3 Å². The van der Waals surface area contributed by atoms with Crippen LogP contribution < -0.4 is 0 Å². The van der Waals surface area contributed by atoms with E-state index in [1.807, 2.05) is 19.1 Å². The maximum atomic E-state index is 14.8. The number of fused-ring (bicyclic) bond motifs is 5. The fourth-order valence-electron chi connectivity index (χ4n) is 6.07. The van der Waals surface area contributed by atoms with Gasteiger partial charge in [-0.15, -0.1) is 6.42 Å². The number of phenols is 1. The number of halogens is 1. The molecule has 0 saturated heterocycles. The van der Waals surface area contributed by atoms with E-state index >= 15 is 0 Å². The third-order valence-corrected chi connectivity index (χ3v) is 7.36. The van der Waals surface area contributed by atoms with Crippen LogP contribution in [0.1, 0.15) is 43.2 Å². The van der Waals surface area contributed by atoms with E-state index in [1.165, 1.54) is 5.56 Å². The Morgan fingerprint density at radius 1 is 1.40 bits per heavy atom. The van der Waals surface area contributed by atoms with Gasteiger partial charge in [0.05, 0.1) is 6.10 Å². The molecule has 0 radical (unpaired) electrons. The minimum Gasteiger partial charge on any atom is -0.508 e. The molecule has 0 heterocycles. The van der Waals surface area contributed by atoms with Gasteiger partial charge in [-0.3, -0.25) is 0 Å². The number of hydrogen-bond acceptors (Lipinski definition) is 3. The first-order valence-electron chi connectivity index (χ1n) is 9.04. The lowest BCUT2D eigenvalue weighted by atomic mass is 9.52. The molecule has 2 saturated carbocycles. The van der Waals surface area contributed by atoms with Gasteiger partial charge in [0.2, 0.25) is 0 Å². The van der Waals surface area contributed by atoms with E-state index < -0.39 is 17.2 Å². The molecule has 1 aromatic rings. The van der Waals surface area contributed by atoms with Crippen LogP contribution in [0.3, 0.4) is 0 Å². The lowest BCUT2D eigenvalue weighted by Crippen LogP contribution is -2.56. The molecule has 7 atom stereocenters. The molecule has 3 aliphatic carbocycles. The lowest BCUT2D eigenvalue weighted by Gasteiger charge is -2.54. The maximum Gasteiger partial charge on any atom is 0.161 e. The summed E-state index contributed by atoms with van der Waals surface area (Å²) in [5.74, 6) is 3.07. The number of aromatic hydroxyl groups is 1. The predicted molar refractivity (Wildman–Crippen MR) is 93.0 cm³/mol. The second-order valence-electron chi connectivity index (χ2n) is 8.23. The number of alkyl halides is 1. The van der Waals surface area contributed by atoms with Crippen molar-refractivity contribution in [1.29, 1.82) is 0 Å². The van der Waals surface area contributed by atoms with E-state index in [4.69, 9.17) is 11.2 Å². The van der Waals surface area contributed by atoms with E-state index in [9.17, 15) is 14.6 Å². The molecule has 1 aromatic carbocycles. The smallest absolute Gasteiger partial charge is 0.161 e. The van der Waals surface area contributed by atoms with Gasteiger partial charge >= 0.3 is 0 Å². The molecule has 134 valence electrons. The molecule has 3 nitrogen and oxygen atoms in total. The molecule has 0 aromatic heterocycles. The highest BCUT2D eigenvalue weighted by Crippen LogP contribution is 2.65. The Morgan fingerprint density at radius 2 is 2.16 bits per heavy atom. The van der Waals surface area contributed by atoms with Crippen LogP contribution in [-0.4, -0.2) is 35.2 Å². The first-order chi connectivity index (χ1) is 11.9. The Balaban J connectivity index is 1.81. The number of aryl methyl sites for hydroxylation is 1. The highest BCUT2D eigenvalue weighted by atomic mass is 18.2. The van der Waals surface area contributed by atoms with Crippen molar-refractivity contribution in [2.24, 2.45) is 17.3 Å². The largest absolute Gasteiger partial charge is 0.508 e. The number of aliphatic hydroxyl groups is 1. The van der Waals surface area contributed by atoms with Gasteiger partial charge in [-0.25, -0.2) is 4.39 Å². The molecular weight excluding hydrogens is 318 g/mol. The topological polar surface area (TPSA) is 49.7 Å². The third kappa shape index (κ3) is 2.06. The number of hydrogen-bond donors (Lipinski definition) is 2. The third-order valence-electron chi connectivity index (χ3n) is 7.36. The average Bonchev–Trinajstić information content (AvgIpc) is 2.81. The van der Waals surface area contributed by atoms with Gasteiger partial charge in [-0.2, -0.15) is 0 Å². The van der Waals surface area contributed by atoms with Crippen molar-refractivity contribution in [3.05, 3.63) is 29.3 Å². The zero-order valence-electron chi connectivity index (χ0n) is 14.7. The highest BCUT2D eigenvalue weighted by Gasteiger charge is 2.68. The number of methoxy groups -OCH3 is 1. The van der Waals surface area contributed by atoms with Crippen molar-refractivity contribution in [2.75, 3.05) is 7.11 Å². The summed E-state index contributed by atoms with van der Waals surface area (Å²) in [5, 5.41) is 20.8. The van der Waals surface area contributed by atoms with Gasteiger partial charge in [0.15, 0.2) is 5.60 Å². The molecule has 4 heteroatoms. The molecule has 4 unspecified atom stereocenters. The number of terminal acetylenes is 1. The Bertz CT molecular complexity index is 741. The van der Waals surface area contributed by atoms with Crippen LogP contribution in [0.25, 0.3) is 0 Å². The molecule has 3 aliphatic rings. The first-order valence-corrected chi connectivity index (χ1v) is 9.04. The fraction of sp³-hybridized carbons (Fsp3) is 0.619. The second kappa shape index (κ2) is 5.46. The van der Waals surface area contributed by atoms with Crippen LogP contribution in [-0.2, 0) is 11.2 Å². The Labute approximate surface area is 148 Å². The summed E-state index contributed by atoms with van der Waals surface area (Å²) in [7, 11) is 1.68. The maximum absolute atomic E-state index is 14.8. The van der Waals surface area contributed by atoms with Crippen molar-refractivity contribution in [2.45, 2.75) is 56.4 Å². The Hall–Kier alpha value is -1.57. The molecular formula is C21H25FO3. The second-order valence-corrected chi connectivity index (χ2v) is 8.23. The molecule has 0 aliphatic heterocycles. The molecule has 4 rings (SSSR count). The first kappa shape index (κ1) is 16.9. The minimum absolute atomic E-state index is 0.0295. The summed E-state index contributed by atoms with van der Waals surface area (Å²) in [6.45, 7) is 1.94. The van der Waals surface area contributed by atoms with Crippen LogP contribution in [0.5, 0.6) is 5.75 Å². The predicted octanol–water partition coefficient (Wildman–Crippen LogP) is 3.19. The van der Waals surface area contributed by atoms with Crippen molar-refractivity contribution in [3.8, 4) is 18.1 Å². The Morgan fingerprint density at radius 3 is 2.84 bits per heavy atom. The van der Waals surface area contributed by atoms with Crippen LogP contribution in [0.4, 0.5) is 4.39 Å². The number of ether oxygens (including phenoxy) is 1. The SMILES string of the molecule is C#C[C@]1(O)C([18F])CC2C3CCc4cc(O)ccc4C3[C@@H](OC)C[C@@]21C. The molecule has 0 spiro atoms. The summed E-state index contributed by atoms with van der Waals surface area (Å²) in [4.78, 5) is 0. The molecule has 0 bridgehead atoms. The van der Waals surface area contributed by atoms with Gasteiger partial charge in [0.1, 0.15) is 11.9 Å². The van der Waals surface area contributed by atoms with Crippen LogP contribution in [0, 0.1) is 29.6 Å². The van der Waals surface area contributed by atoms with E-state index in [0.29, 0.717) is 12.8 Å². The standard InChI is InChI=1S/C21H25FO3/c1-4-21(24)18(22)10-16-15-7-5-12-9-13(23)6-8-14(12)19(15)17(25-3)11-20(16,21)2/h1,6,8-9,15-19,23-24H,5,7,10-11H2,2-3H3/t15?,16?,17-,18?,19?,20-,21-/m0/s1/i22-1. The Kier molecular flexibility index (Phi) is 3.69. The normalized spacial score (nSPS) is 45.2. The fourth-order valence-corrected chi connectivity index (χ4v) is 6.07. The summed E-state index contributed by atoms with van der Waals surface area (Å²) < 4.78 is 20.6.